The third-order valence-electron chi connectivity index (χ3n) is 3.31. The van der Waals surface area contributed by atoms with Crippen LogP contribution in [0.2, 0.25) is 0 Å². The van der Waals surface area contributed by atoms with Crippen LogP contribution in [0.3, 0.4) is 0 Å². The molecule has 2 heterocycles. The minimum absolute atomic E-state index is 0.115. The lowest BCUT2D eigenvalue weighted by Crippen LogP contribution is -2.36. The maximum absolute atomic E-state index is 12.0. The molecule has 2 amide bonds. The fraction of sp³-hybridized carbons (Fsp3) is 0.333. The molecule has 100 valence electrons. The smallest absolute Gasteiger partial charge is 0.328 e. The molecule has 1 aromatic carbocycles. The summed E-state index contributed by atoms with van der Waals surface area (Å²) in [6, 6.07) is 3.92. The largest absolute Gasteiger partial charge is 0.480 e. The van der Waals surface area contributed by atoms with Gasteiger partial charge in [-0.3, -0.25) is 4.90 Å². The van der Waals surface area contributed by atoms with Gasteiger partial charge in [-0.25, -0.2) is 9.59 Å². The highest BCUT2D eigenvalue weighted by atomic mass is 16.7. The lowest BCUT2D eigenvalue weighted by molar-refractivity contribution is -0.140. The van der Waals surface area contributed by atoms with Gasteiger partial charge in [0.15, 0.2) is 11.5 Å². The van der Waals surface area contributed by atoms with Crippen molar-refractivity contribution in [3.8, 4) is 11.5 Å². The van der Waals surface area contributed by atoms with E-state index in [1.807, 2.05) is 0 Å². The Labute approximate surface area is 108 Å². The van der Waals surface area contributed by atoms with Crippen LogP contribution in [0.25, 0.3) is 0 Å². The number of likely N-dealkylation sites (N-methyl/N-ethyl adjacent to an activating group) is 1. The van der Waals surface area contributed by atoms with Crippen molar-refractivity contribution in [1.29, 1.82) is 0 Å². The number of hydrogen-bond acceptors (Lipinski definition) is 4. The molecule has 7 nitrogen and oxygen atoms in total. The Hall–Kier alpha value is -2.44. The number of carboxylic acid groups (broad SMARTS) is 1. The summed E-state index contributed by atoms with van der Waals surface area (Å²) in [5.74, 6) is 0.171. The number of fused-ring (bicyclic) bond motifs is 1. The first kappa shape index (κ1) is 11.6. The zero-order valence-corrected chi connectivity index (χ0v) is 10.2. The zero-order valence-electron chi connectivity index (χ0n) is 10.2. The average Bonchev–Trinajstić information content (AvgIpc) is 2.95. The van der Waals surface area contributed by atoms with E-state index < -0.39 is 12.0 Å². The number of carbonyl (C=O) groups is 2. The van der Waals surface area contributed by atoms with E-state index in [4.69, 9.17) is 14.6 Å². The summed E-state index contributed by atoms with van der Waals surface area (Å²) in [7, 11) is 1.48. The van der Waals surface area contributed by atoms with Crippen LogP contribution in [0.4, 0.5) is 10.5 Å². The minimum atomic E-state index is -1.01. The Morgan fingerprint density at radius 2 is 2.11 bits per heavy atom. The monoisotopic (exact) mass is 264 g/mol. The lowest BCUT2D eigenvalue weighted by Gasteiger charge is -2.16. The summed E-state index contributed by atoms with van der Waals surface area (Å²) < 4.78 is 10.4. The molecular weight excluding hydrogens is 252 g/mol. The Kier molecular flexibility index (Phi) is 2.48. The van der Waals surface area contributed by atoms with Crippen molar-refractivity contribution in [2.75, 3.05) is 25.3 Å². The molecule has 0 saturated carbocycles. The van der Waals surface area contributed by atoms with Crippen LogP contribution in [0.5, 0.6) is 11.5 Å². The molecule has 3 rings (SSSR count). The fourth-order valence-corrected chi connectivity index (χ4v) is 2.21. The standard InChI is InChI=1S/C12H12N2O5/c1-13-8(11(15)16)5-14(12(13)17)7-2-3-9-10(4-7)19-6-18-9/h2-4,8H,5-6H2,1H3,(H,15,16). The molecule has 2 aliphatic heterocycles. The summed E-state index contributed by atoms with van der Waals surface area (Å²) in [4.78, 5) is 25.7. The second-order valence-corrected chi connectivity index (χ2v) is 4.40. The number of urea groups is 1. The predicted octanol–water partition coefficient (Wildman–Crippen LogP) is 0.740. The molecule has 7 heteroatoms. The molecule has 0 radical (unpaired) electrons. The van der Waals surface area contributed by atoms with E-state index in [0.29, 0.717) is 17.2 Å². The zero-order chi connectivity index (χ0) is 13.6. The molecule has 1 aromatic rings. The van der Waals surface area contributed by atoms with Gasteiger partial charge in [0.05, 0.1) is 6.54 Å². The van der Waals surface area contributed by atoms with Crippen molar-refractivity contribution in [2.45, 2.75) is 6.04 Å². The Morgan fingerprint density at radius 3 is 2.79 bits per heavy atom. The quantitative estimate of drug-likeness (QED) is 0.852. The van der Waals surface area contributed by atoms with Gasteiger partial charge in [-0.05, 0) is 12.1 Å². The van der Waals surface area contributed by atoms with Gasteiger partial charge in [0.1, 0.15) is 6.04 Å². The number of anilines is 1. The van der Waals surface area contributed by atoms with E-state index in [1.54, 1.807) is 18.2 Å². The van der Waals surface area contributed by atoms with Crippen LogP contribution in [-0.2, 0) is 4.79 Å². The molecule has 1 saturated heterocycles. The van der Waals surface area contributed by atoms with E-state index in [0.717, 1.165) is 0 Å². The number of benzene rings is 1. The Bertz CT molecular complexity index is 559. The van der Waals surface area contributed by atoms with Gasteiger partial charge in [0, 0.05) is 18.8 Å². The van der Waals surface area contributed by atoms with Gasteiger partial charge >= 0.3 is 12.0 Å². The molecule has 19 heavy (non-hydrogen) atoms. The molecule has 1 fully saturated rings. The fourth-order valence-electron chi connectivity index (χ4n) is 2.21. The van der Waals surface area contributed by atoms with Gasteiger partial charge in [0.2, 0.25) is 6.79 Å². The molecule has 1 unspecified atom stereocenters. The number of hydrogen-bond donors (Lipinski definition) is 1. The molecule has 0 aliphatic carbocycles. The van der Waals surface area contributed by atoms with Crippen molar-refractivity contribution in [3.63, 3.8) is 0 Å². The maximum atomic E-state index is 12.0. The van der Waals surface area contributed by atoms with Gasteiger partial charge < -0.3 is 19.5 Å². The third-order valence-corrected chi connectivity index (χ3v) is 3.31. The highest BCUT2D eigenvalue weighted by Gasteiger charge is 2.40. The molecular formula is C12H12N2O5. The van der Waals surface area contributed by atoms with Crippen LogP contribution >= 0.6 is 0 Å². The van der Waals surface area contributed by atoms with Gasteiger partial charge in [0.25, 0.3) is 0 Å². The number of amides is 2. The molecule has 0 bridgehead atoms. The van der Waals surface area contributed by atoms with Gasteiger partial charge in [-0.2, -0.15) is 0 Å². The predicted molar refractivity (Wildman–Crippen MR) is 64.5 cm³/mol. The first-order valence-corrected chi connectivity index (χ1v) is 5.74. The van der Waals surface area contributed by atoms with Crippen molar-refractivity contribution >= 4 is 17.7 Å². The van der Waals surface area contributed by atoms with E-state index in [2.05, 4.69) is 0 Å². The molecule has 0 spiro atoms. The summed E-state index contributed by atoms with van der Waals surface area (Å²) in [6.07, 6.45) is 0. The number of carbonyl (C=O) groups excluding carboxylic acids is 1. The number of rotatable bonds is 2. The third kappa shape index (κ3) is 1.74. The SMILES string of the molecule is CN1C(=O)N(c2ccc3c(c2)OCO3)CC1C(=O)O. The number of carboxylic acids is 1. The summed E-state index contributed by atoms with van der Waals surface area (Å²) >= 11 is 0. The van der Waals surface area contributed by atoms with E-state index in [9.17, 15) is 9.59 Å². The van der Waals surface area contributed by atoms with Gasteiger partial charge in [-0.15, -0.1) is 0 Å². The Morgan fingerprint density at radius 1 is 1.37 bits per heavy atom. The van der Waals surface area contributed by atoms with Crippen LogP contribution in [-0.4, -0.2) is 48.4 Å². The first-order chi connectivity index (χ1) is 9.08. The second kappa shape index (κ2) is 4.04. The second-order valence-electron chi connectivity index (χ2n) is 4.40. The average molecular weight is 264 g/mol. The summed E-state index contributed by atoms with van der Waals surface area (Å²) in [5.41, 5.74) is 0.602. The number of nitrogens with zero attached hydrogens (tertiary/aromatic N) is 2. The van der Waals surface area contributed by atoms with E-state index >= 15 is 0 Å². The van der Waals surface area contributed by atoms with Crippen molar-refractivity contribution in [1.82, 2.24) is 4.90 Å². The molecule has 1 atom stereocenters. The van der Waals surface area contributed by atoms with Crippen molar-refractivity contribution < 1.29 is 24.2 Å². The molecule has 0 aromatic heterocycles. The van der Waals surface area contributed by atoms with Crippen LogP contribution in [0.15, 0.2) is 18.2 Å². The topological polar surface area (TPSA) is 79.3 Å². The highest BCUT2D eigenvalue weighted by molar-refractivity contribution is 5.99. The Balaban J connectivity index is 1.91. The van der Waals surface area contributed by atoms with E-state index in [1.165, 1.54) is 16.8 Å². The molecule has 2 aliphatic rings. The van der Waals surface area contributed by atoms with Crippen molar-refractivity contribution in [3.05, 3.63) is 18.2 Å². The first-order valence-electron chi connectivity index (χ1n) is 5.74. The van der Waals surface area contributed by atoms with Crippen LogP contribution in [0, 0.1) is 0 Å². The number of aliphatic carboxylic acids is 1. The van der Waals surface area contributed by atoms with Gasteiger partial charge in [-0.1, -0.05) is 0 Å². The van der Waals surface area contributed by atoms with Crippen molar-refractivity contribution in [2.24, 2.45) is 0 Å². The summed E-state index contributed by atoms with van der Waals surface area (Å²) in [6.45, 7) is 0.273. The lowest BCUT2D eigenvalue weighted by atomic mass is 10.2. The maximum Gasteiger partial charge on any atom is 0.328 e. The minimum Gasteiger partial charge on any atom is -0.480 e. The van der Waals surface area contributed by atoms with Crippen LogP contribution < -0.4 is 14.4 Å². The van der Waals surface area contributed by atoms with Crippen LogP contribution in [0.1, 0.15) is 0 Å². The highest BCUT2D eigenvalue weighted by Crippen LogP contribution is 2.36. The normalized spacial score (nSPS) is 21.1. The number of ether oxygens (including phenoxy) is 2. The van der Waals surface area contributed by atoms with E-state index in [-0.39, 0.29) is 19.4 Å². The summed E-state index contributed by atoms with van der Waals surface area (Å²) in [5, 5.41) is 9.06. The molecule has 1 N–H and O–H groups in total.